The van der Waals surface area contributed by atoms with E-state index in [1.165, 1.54) is 0 Å². The van der Waals surface area contributed by atoms with Crippen molar-refractivity contribution >= 4 is 18.3 Å². The Morgan fingerprint density at radius 2 is 1.94 bits per heavy atom. The van der Waals surface area contributed by atoms with Crippen molar-refractivity contribution in [3.8, 4) is 0 Å². The maximum atomic E-state index is 11.7. The molecule has 7 heteroatoms. The second kappa shape index (κ2) is 8.64. The number of rotatable bonds is 6. The predicted molar refractivity (Wildman–Crippen MR) is 58.6 cm³/mol. The van der Waals surface area contributed by atoms with Crippen LogP contribution in [0.4, 0.5) is 13.2 Å². The molecule has 0 radical (unpaired) electrons. The largest absolute Gasteiger partial charge is 0.389 e. The minimum atomic E-state index is -4.14. The predicted octanol–water partition coefficient (Wildman–Crippen LogP) is 1.72. The van der Waals surface area contributed by atoms with Crippen molar-refractivity contribution in [3.05, 3.63) is 0 Å². The second-order valence-electron chi connectivity index (χ2n) is 3.47. The van der Waals surface area contributed by atoms with Crippen LogP contribution >= 0.6 is 12.4 Å². The number of alkyl halides is 3. The lowest BCUT2D eigenvalue weighted by Gasteiger charge is -2.11. The molecule has 0 fully saturated rings. The molecule has 1 amide bonds. The van der Waals surface area contributed by atoms with E-state index in [0.29, 0.717) is 6.54 Å². The Kier molecular flexibility index (Phi) is 9.66. The molecule has 0 aromatic heterocycles. The molecule has 1 unspecified atom stereocenters. The molecule has 0 rings (SSSR count). The summed E-state index contributed by atoms with van der Waals surface area (Å²) in [6.07, 6.45) is -5.06. The third-order valence-electron chi connectivity index (χ3n) is 1.89. The van der Waals surface area contributed by atoms with Crippen LogP contribution in [0.25, 0.3) is 0 Å². The quantitative estimate of drug-likeness (QED) is 0.716. The van der Waals surface area contributed by atoms with Gasteiger partial charge in [0.1, 0.15) is 0 Å². The molecule has 0 aromatic rings. The summed E-state index contributed by atoms with van der Waals surface area (Å²) < 4.78 is 35.2. The van der Waals surface area contributed by atoms with Gasteiger partial charge in [-0.15, -0.1) is 12.4 Å². The average molecular weight is 263 g/mol. The SMILES string of the molecule is CNCC(C)C(=O)NCCCC(F)(F)F.Cl. The fourth-order valence-corrected chi connectivity index (χ4v) is 1.07. The van der Waals surface area contributed by atoms with Crippen LogP contribution in [0.3, 0.4) is 0 Å². The molecule has 0 heterocycles. The van der Waals surface area contributed by atoms with E-state index in [1.54, 1.807) is 14.0 Å². The number of carbonyl (C=O) groups is 1. The zero-order chi connectivity index (χ0) is 11.9. The van der Waals surface area contributed by atoms with Crippen molar-refractivity contribution in [2.24, 2.45) is 5.92 Å². The summed E-state index contributed by atoms with van der Waals surface area (Å²) in [5.41, 5.74) is 0. The summed E-state index contributed by atoms with van der Waals surface area (Å²) in [4.78, 5) is 11.2. The lowest BCUT2D eigenvalue weighted by molar-refractivity contribution is -0.136. The Hall–Kier alpha value is -0.490. The van der Waals surface area contributed by atoms with Crippen LogP contribution in [-0.4, -0.2) is 32.2 Å². The first-order valence-corrected chi connectivity index (χ1v) is 4.86. The fraction of sp³-hybridized carbons (Fsp3) is 0.889. The van der Waals surface area contributed by atoms with Gasteiger partial charge in [0.15, 0.2) is 0 Å². The number of nitrogens with one attached hydrogen (secondary N) is 2. The van der Waals surface area contributed by atoms with Crippen LogP contribution in [0.2, 0.25) is 0 Å². The van der Waals surface area contributed by atoms with Crippen LogP contribution in [0, 0.1) is 5.92 Å². The number of amides is 1. The van der Waals surface area contributed by atoms with Gasteiger partial charge in [-0.3, -0.25) is 4.79 Å². The maximum absolute atomic E-state index is 11.7. The van der Waals surface area contributed by atoms with Gasteiger partial charge in [-0.1, -0.05) is 6.92 Å². The van der Waals surface area contributed by atoms with Crippen molar-refractivity contribution < 1.29 is 18.0 Å². The summed E-state index contributed by atoms with van der Waals surface area (Å²) in [5, 5.41) is 5.28. The lowest BCUT2D eigenvalue weighted by atomic mass is 10.1. The van der Waals surface area contributed by atoms with E-state index in [0.717, 1.165) is 0 Å². The molecule has 1 atom stereocenters. The van der Waals surface area contributed by atoms with E-state index in [9.17, 15) is 18.0 Å². The Bertz CT molecular complexity index is 200. The van der Waals surface area contributed by atoms with Gasteiger partial charge in [-0.25, -0.2) is 0 Å². The fourth-order valence-electron chi connectivity index (χ4n) is 1.07. The summed E-state index contributed by atoms with van der Waals surface area (Å²) in [7, 11) is 1.72. The smallest absolute Gasteiger partial charge is 0.356 e. The molecule has 0 aliphatic carbocycles. The second-order valence-corrected chi connectivity index (χ2v) is 3.47. The number of hydrogen-bond donors (Lipinski definition) is 2. The number of halogens is 4. The molecule has 2 N–H and O–H groups in total. The Morgan fingerprint density at radius 3 is 2.38 bits per heavy atom. The minimum absolute atomic E-state index is 0. The van der Waals surface area contributed by atoms with Crippen molar-refractivity contribution in [1.29, 1.82) is 0 Å². The van der Waals surface area contributed by atoms with Crippen molar-refractivity contribution in [2.75, 3.05) is 20.1 Å². The molecule has 0 aromatic carbocycles. The van der Waals surface area contributed by atoms with E-state index in [-0.39, 0.29) is 37.2 Å². The molecule has 0 saturated carbocycles. The third-order valence-corrected chi connectivity index (χ3v) is 1.89. The highest BCUT2D eigenvalue weighted by Gasteiger charge is 2.26. The van der Waals surface area contributed by atoms with E-state index < -0.39 is 12.6 Å². The van der Waals surface area contributed by atoms with Gasteiger partial charge in [0.25, 0.3) is 0 Å². The lowest BCUT2D eigenvalue weighted by Crippen LogP contribution is -2.35. The summed E-state index contributed by atoms with van der Waals surface area (Å²) in [6, 6.07) is 0. The van der Waals surface area contributed by atoms with Gasteiger partial charge < -0.3 is 10.6 Å². The normalized spacial score (nSPS) is 12.8. The average Bonchev–Trinajstić information content (AvgIpc) is 2.11. The van der Waals surface area contributed by atoms with E-state index in [1.807, 2.05) is 0 Å². The maximum Gasteiger partial charge on any atom is 0.389 e. The van der Waals surface area contributed by atoms with Crippen molar-refractivity contribution in [2.45, 2.75) is 25.9 Å². The molecular weight excluding hydrogens is 245 g/mol. The minimum Gasteiger partial charge on any atom is -0.356 e. The van der Waals surface area contributed by atoms with Crippen LogP contribution in [0.5, 0.6) is 0 Å². The number of hydrogen-bond acceptors (Lipinski definition) is 2. The molecule has 0 spiro atoms. The van der Waals surface area contributed by atoms with Crippen LogP contribution in [0.15, 0.2) is 0 Å². The Morgan fingerprint density at radius 1 is 1.38 bits per heavy atom. The zero-order valence-electron chi connectivity index (χ0n) is 9.36. The van der Waals surface area contributed by atoms with E-state index in [4.69, 9.17) is 0 Å². The van der Waals surface area contributed by atoms with Gasteiger partial charge in [0, 0.05) is 25.4 Å². The first-order valence-electron chi connectivity index (χ1n) is 4.86. The highest BCUT2D eigenvalue weighted by molar-refractivity contribution is 5.85. The molecule has 3 nitrogen and oxygen atoms in total. The Labute approximate surface area is 99.6 Å². The van der Waals surface area contributed by atoms with Crippen molar-refractivity contribution in [1.82, 2.24) is 10.6 Å². The van der Waals surface area contributed by atoms with Crippen LogP contribution in [-0.2, 0) is 4.79 Å². The van der Waals surface area contributed by atoms with Crippen LogP contribution in [0.1, 0.15) is 19.8 Å². The van der Waals surface area contributed by atoms with Gasteiger partial charge in [-0.2, -0.15) is 13.2 Å². The molecule has 98 valence electrons. The van der Waals surface area contributed by atoms with Crippen molar-refractivity contribution in [3.63, 3.8) is 0 Å². The van der Waals surface area contributed by atoms with E-state index in [2.05, 4.69) is 10.6 Å². The van der Waals surface area contributed by atoms with Gasteiger partial charge >= 0.3 is 6.18 Å². The van der Waals surface area contributed by atoms with Gasteiger partial charge in [0.2, 0.25) is 5.91 Å². The first-order chi connectivity index (χ1) is 6.87. The molecule has 0 bridgehead atoms. The highest BCUT2D eigenvalue weighted by atomic mass is 35.5. The number of carbonyl (C=O) groups excluding carboxylic acids is 1. The molecule has 16 heavy (non-hydrogen) atoms. The van der Waals surface area contributed by atoms with Gasteiger partial charge in [0.05, 0.1) is 0 Å². The van der Waals surface area contributed by atoms with Gasteiger partial charge in [-0.05, 0) is 13.5 Å². The zero-order valence-corrected chi connectivity index (χ0v) is 10.2. The standard InChI is InChI=1S/C9H17F3N2O.ClH/c1-7(6-13-2)8(15)14-5-3-4-9(10,11)12;/h7,13H,3-6H2,1-2H3,(H,14,15);1H. The summed E-state index contributed by atoms with van der Waals surface area (Å²) in [5.74, 6) is -0.438. The summed E-state index contributed by atoms with van der Waals surface area (Å²) >= 11 is 0. The molecule has 0 saturated heterocycles. The Balaban J connectivity index is 0. The molecular formula is C9H18ClF3N2O. The molecule has 0 aliphatic rings. The first kappa shape index (κ1) is 17.9. The summed E-state index contributed by atoms with van der Waals surface area (Å²) in [6.45, 7) is 2.31. The topological polar surface area (TPSA) is 41.1 Å². The van der Waals surface area contributed by atoms with E-state index >= 15 is 0 Å². The highest BCUT2D eigenvalue weighted by Crippen LogP contribution is 2.20. The molecule has 0 aliphatic heterocycles. The monoisotopic (exact) mass is 262 g/mol. The third kappa shape index (κ3) is 10.0. The van der Waals surface area contributed by atoms with Crippen LogP contribution < -0.4 is 10.6 Å².